The lowest BCUT2D eigenvalue weighted by atomic mass is 10.1. The Labute approximate surface area is 148 Å². The molecule has 1 unspecified atom stereocenters. The number of hydrogen-bond acceptors (Lipinski definition) is 3. The SMILES string of the molecule is CS(=O)c1cccc(-c2cc(-c3cc4c([nH]3)CCNC4=O)ccn2)c1. The van der Waals surface area contributed by atoms with E-state index in [0.717, 1.165) is 39.5 Å². The lowest BCUT2D eigenvalue weighted by Gasteiger charge is -2.11. The van der Waals surface area contributed by atoms with Gasteiger partial charge in [0.25, 0.3) is 5.91 Å². The highest BCUT2D eigenvalue weighted by molar-refractivity contribution is 7.84. The molecule has 126 valence electrons. The van der Waals surface area contributed by atoms with Crippen LogP contribution in [0.3, 0.4) is 0 Å². The third-order valence-corrected chi connectivity index (χ3v) is 5.25. The Hall–Kier alpha value is -2.73. The van der Waals surface area contributed by atoms with Gasteiger partial charge in [-0.1, -0.05) is 12.1 Å². The van der Waals surface area contributed by atoms with Crippen LogP contribution in [0.2, 0.25) is 0 Å². The normalized spacial score (nSPS) is 14.7. The first-order valence-corrected chi connectivity index (χ1v) is 9.58. The second kappa shape index (κ2) is 6.29. The van der Waals surface area contributed by atoms with Gasteiger partial charge in [0.15, 0.2) is 0 Å². The van der Waals surface area contributed by atoms with Crippen LogP contribution in [0.5, 0.6) is 0 Å². The van der Waals surface area contributed by atoms with Crippen LogP contribution in [0, 0.1) is 0 Å². The lowest BCUT2D eigenvalue weighted by Crippen LogP contribution is -2.31. The summed E-state index contributed by atoms with van der Waals surface area (Å²) in [5, 5.41) is 2.86. The van der Waals surface area contributed by atoms with Crippen LogP contribution in [0.1, 0.15) is 16.1 Å². The van der Waals surface area contributed by atoms with E-state index in [1.54, 1.807) is 12.5 Å². The van der Waals surface area contributed by atoms with Gasteiger partial charge in [-0.25, -0.2) is 0 Å². The summed E-state index contributed by atoms with van der Waals surface area (Å²) in [6, 6.07) is 13.4. The van der Waals surface area contributed by atoms with E-state index in [0.29, 0.717) is 12.1 Å². The minimum absolute atomic E-state index is 0.0313. The Morgan fingerprint density at radius 2 is 2.00 bits per heavy atom. The van der Waals surface area contributed by atoms with Crippen molar-refractivity contribution in [2.45, 2.75) is 11.3 Å². The molecule has 2 N–H and O–H groups in total. The highest BCUT2D eigenvalue weighted by Crippen LogP contribution is 2.27. The van der Waals surface area contributed by atoms with E-state index < -0.39 is 10.8 Å². The number of nitrogens with zero attached hydrogens (tertiary/aromatic N) is 1. The summed E-state index contributed by atoms with van der Waals surface area (Å²) in [6.07, 6.45) is 4.22. The van der Waals surface area contributed by atoms with Gasteiger partial charge >= 0.3 is 0 Å². The van der Waals surface area contributed by atoms with Crippen molar-refractivity contribution in [1.29, 1.82) is 0 Å². The van der Waals surface area contributed by atoms with Crippen molar-refractivity contribution < 1.29 is 9.00 Å². The van der Waals surface area contributed by atoms with Crippen molar-refractivity contribution in [3.05, 3.63) is 59.9 Å². The number of pyridine rings is 1. The van der Waals surface area contributed by atoms with E-state index >= 15 is 0 Å². The Morgan fingerprint density at radius 3 is 2.80 bits per heavy atom. The zero-order valence-corrected chi connectivity index (χ0v) is 14.5. The fourth-order valence-corrected chi connectivity index (χ4v) is 3.60. The van der Waals surface area contributed by atoms with Gasteiger partial charge in [-0.2, -0.15) is 0 Å². The number of rotatable bonds is 3. The molecule has 2 aromatic heterocycles. The third-order valence-electron chi connectivity index (χ3n) is 4.34. The molecule has 0 spiro atoms. The van der Waals surface area contributed by atoms with E-state index in [2.05, 4.69) is 15.3 Å². The molecule has 25 heavy (non-hydrogen) atoms. The van der Waals surface area contributed by atoms with Gasteiger partial charge in [0.1, 0.15) is 0 Å². The average molecular weight is 351 g/mol. The summed E-state index contributed by atoms with van der Waals surface area (Å²) < 4.78 is 11.7. The van der Waals surface area contributed by atoms with Crippen LogP contribution >= 0.6 is 0 Å². The van der Waals surface area contributed by atoms with Crippen molar-refractivity contribution in [2.75, 3.05) is 12.8 Å². The van der Waals surface area contributed by atoms with Crippen molar-refractivity contribution in [1.82, 2.24) is 15.3 Å². The highest BCUT2D eigenvalue weighted by Gasteiger charge is 2.20. The minimum Gasteiger partial charge on any atom is -0.358 e. The largest absolute Gasteiger partial charge is 0.358 e. The number of carbonyl (C=O) groups excluding carboxylic acids is 1. The number of carbonyl (C=O) groups is 1. The maximum atomic E-state index is 11.9. The van der Waals surface area contributed by atoms with Crippen molar-refractivity contribution in [2.24, 2.45) is 0 Å². The molecular weight excluding hydrogens is 334 g/mol. The summed E-state index contributed by atoms with van der Waals surface area (Å²) in [5.74, 6) is -0.0313. The van der Waals surface area contributed by atoms with Crippen LogP contribution in [0.25, 0.3) is 22.5 Å². The van der Waals surface area contributed by atoms with Crippen LogP contribution in [-0.2, 0) is 17.2 Å². The summed E-state index contributed by atoms with van der Waals surface area (Å²) in [6.45, 7) is 0.661. The number of fused-ring (bicyclic) bond motifs is 1. The number of benzene rings is 1. The second-order valence-corrected chi connectivity index (χ2v) is 7.37. The van der Waals surface area contributed by atoms with Crippen LogP contribution in [0.15, 0.2) is 53.6 Å². The Kier molecular flexibility index (Phi) is 3.97. The molecule has 1 amide bonds. The number of nitrogens with one attached hydrogen (secondary N) is 2. The molecule has 0 radical (unpaired) electrons. The lowest BCUT2D eigenvalue weighted by molar-refractivity contribution is 0.0946. The molecule has 3 heterocycles. The molecule has 4 rings (SSSR count). The van der Waals surface area contributed by atoms with Crippen LogP contribution in [0.4, 0.5) is 0 Å². The molecule has 0 bridgehead atoms. The number of amides is 1. The summed E-state index contributed by atoms with van der Waals surface area (Å²) in [7, 11) is -1.03. The maximum absolute atomic E-state index is 11.9. The first kappa shape index (κ1) is 15.8. The Morgan fingerprint density at radius 1 is 1.12 bits per heavy atom. The molecule has 6 heteroatoms. The summed E-state index contributed by atoms with van der Waals surface area (Å²) in [5.41, 5.74) is 5.28. The predicted octanol–water partition coefficient (Wildman–Crippen LogP) is 2.77. The van der Waals surface area contributed by atoms with Crippen LogP contribution < -0.4 is 5.32 Å². The van der Waals surface area contributed by atoms with E-state index in [9.17, 15) is 9.00 Å². The monoisotopic (exact) mass is 351 g/mol. The quantitative estimate of drug-likeness (QED) is 0.762. The molecule has 5 nitrogen and oxygen atoms in total. The first-order chi connectivity index (χ1) is 12.1. The molecule has 1 aliphatic rings. The maximum Gasteiger partial charge on any atom is 0.253 e. The molecule has 1 aliphatic heterocycles. The van der Waals surface area contributed by atoms with Crippen molar-refractivity contribution >= 4 is 16.7 Å². The van der Waals surface area contributed by atoms with E-state index in [4.69, 9.17) is 0 Å². The number of aromatic nitrogens is 2. The molecule has 0 aliphatic carbocycles. The van der Waals surface area contributed by atoms with Gasteiger partial charge in [-0.05, 0) is 30.3 Å². The molecule has 1 aromatic carbocycles. The van der Waals surface area contributed by atoms with Gasteiger partial charge < -0.3 is 10.3 Å². The molecule has 3 aromatic rings. The molecule has 0 saturated heterocycles. The van der Waals surface area contributed by atoms with Gasteiger partial charge in [0.2, 0.25) is 0 Å². The Balaban J connectivity index is 1.74. The zero-order valence-electron chi connectivity index (χ0n) is 13.7. The van der Waals surface area contributed by atoms with Gasteiger partial charge in [-0.15, -0.1) is 0 Å². The van der Waals surface area contributed by atoms with E-state index in [-0.39, 0.29) is 5.91 Å². The van der Waals surface area contributed by atoms with Gasteiger partial charge in [0.05, 0.1) is 11.3 Å². The number of hydrogen-bond donors (Lipinski definition) is 2. The first-order valence-electron chi connectivity index (χ1n) is 8.02. The van der Waals surface area contributed by atoms with Crippen LogP contribution in [-0.4, -0.2) is 32.9 Å². The fourth-order valence-electron chi connectivity index (χ4n) is 3.04. The predicted molar refractivity (Wildman–Crippen MR) is 97.8 cm³/mol. The van der Waals surface area contributed by atoms with Crippen molar-refractivity contribution in [3.63, 3.8) is 0 Å². The smallest absolute Gasteiger partial charge is 0.253 e. The molecule has 0 fully saturated rings. The average Bonchev–Trinajstić information content (AvgIpc) is 3.08. The molecular formula is C19H17N3O2S. The highest BCUT2D eigenvalue weighted by atomic mass is 32.2. The van der Waals surface area contributed by atoms with E-state index in [1.165, 1.54) is 0 Å². The summed E-state index contributed by atoms with van der Waals surface area (Å²) >= 11 is 0. The van der Waals surface area contributed by atoms with Gasteiger partial charge in [-0.3, -0.25) is 14.0 Å². The Bertz CT molecular complexity index is 994. The zero-order chi connectivity index (χ0) is 17.4. The fraction of sp³-hybridized carbons (Fsp3) is 0.158. The minimum atomic E-state index is -1.03. The molecule has 0 saturated carbocycles. The second-order valence-electron chi connectivity index (χ2n) is 5.99. The van der Waals surface area contributed by atoms with Gasteiger partial charge in [0, 0.05) is 63.6 Å². The third kappa shape index (κ3) is 3.00. The van der Waals surface area contributed by atoms with Crippen molar-refractivity contribution in [3.8, 4) is 22.5 Å². The number of aromatic amines is 1. The number of H-pyrrole nitrogens is 1. The topological polar surface area (TPSA) is 74.8 Å². The standard InChI is InChI=1S/C19H17N3O2S/c1-25(24)14-4-2-3-12(9-14)17-10-13(5-7-20-17)18-11-15-16(22-18)6-8-21-19(15)23/h2-5,7,9-11,22H,6,8H2,1H3,(H,21,23). The molecule has 1 atom stereocenters. The summed E-state index contributed by atoms with van der Waals surface area (Å²) in [4.78, 5) is 20.5. The van der Waals surface area contributed by atoms with E-state index in [1.807, 2.05) is 42.5 Å².